The molecule has 13 heavy (non-hydrogen) atoms. The molecule has 0 aliphatic heterocycles. The number of nitrogens with zero attached hydrogens (tertiary/aromatic N) is 1. The molecular weight excluding hydrogens is 274 g/mol. The van der Waals surface area contributed by atoms with Gasteiger partial charge in [-0.3, -0.25) is 0 Å². The summed E-state index contributed by atoms with van der Waals surface area (Å²) in [5, 5.41) is 0. The summed E-state index contributed by atoms with van der Waals surface area (Å²) in [5.74, 6) is 0. The average Bonchev–Trinajstić information content (AvgIpc) is 2.50. The molecule has 0 N–H and O–H groups in total. The van der Waals surface area contributed by atoms with Crippen molar-refractivity contribution < 1.29 is 8.42 Å². The Morgan fingerprint density at radius 2 is 2.15 bits per heavy atom. The quantitative estimate of drug-likeness (QED) is 0.853. The van der Waals surface area contributed by atoms with Gasteiger partial charge in [-0.1, -0.05) is 6.92 Å². The lowest BCUT2D eigenvalue weighted by atomic mass is 10.7. The molecule has 74 valence electrons. The summed E-state index contributed by atoms with van der Waals surface area (Å²) in [6, 6.07) is 3.34. The van der Waals surface area contributed by atoms with Crippen molar-refractivity contribution in [2.75, 3.05) is 13.6 Å². The van der Waals surface area contributed by atoms with Crippen LogP contribution in [-0.2, 0) is 10.0 Å². The largest absolute Gasteiger partial charge is 0.252 e. The van der Waals surface area contributed by atoms with E-state index in [1.165, 1.54) is 15.6 Å². The highest BCUT2D eigenvalue weighted by Crippen LogP contribution is 2.27. The summed E-state index contributed by atoms with van der Waals surface area (Å²) in [6.07, 6.45) is 0. The number of rotatable bonds is 3. The maximum atomic E-state index is 11.7. The summed E-state index contributed by atoms with van der Waals surface area (Å²) < 4.78 is 25.9. The molecule has 1 heterocycles. The van der Waals surface area contributed by atoms with Crippen molar-refractivity contribution >= 4 is 37.3 Å². The predicted octanol–water partition coefficient (Wildman–Crippen LogP) is 2.15. The zero-order chi connectivity index (χ0) is 10.1. The third-order valence-corrected chi connectivity index (χ3v) is 5.68. The van der Waals surface area contributed by atoms with Crippen LogP contribution in [-0.4, -0.2) is 26.3 Å². The Bertz CT molecular complexity index is 385. The van der Waals surface area contributed by atoms with Crippen LogP contribution in [0.15, 0.2) is 20.1 Å². The molecule has 0 amide bonds. The van der Waals surface area contributed by atoms with E-state index >= 15 is 0 Å². The second kappa shape index (κ2) is 4.08. The van der Waals surface area contributed by atoms with E-state index in [4.69, 9.17) is 0 Å². The minimum atomic E-state index is -3.25. The van der Waals surface area contributed by atoms with Crippen molar-refractivity contribution in [2.24, 2.45) is 0 Å². The molecule has 0 aliphatic carbocycles. The summed E-state index contributed by atoms with van der Waals surface area (Å²) >= 11 is 4.46. The monoisotopic (exact) mass is 283 g/mol. The molecule has 0 saturated heterocycles. The van der Waals surface area contributed by atoms with Gasteiger partial charge in [0, 0.05) is 13.6 Å². The van der Waals surface area contributed by atoms with E-state index in [9.17, 15) is 8.42 Å². The molecule has 0 saturated carbocycles. The van der Waals surface area contributed by atoms with Gasteiger partial charge in [0.1, 0.15) is 4.21 Å². The highest BCUT2D eigenvalue weighted by molar-refractivity contribution is 9.11. The van der Waals surface area contributed by atoms with E-state index in [1.54, 1.807) is 26.1 Å². The van der Waals surface area contributed by atoms with E-state index in [0.29, 0.717) is 10.8 Å². The van der Waals surface area contributed by atoms with E-state index in [1.807, 2.05) is 0 Å². The Morgan fingerprint density at radius 3 is 2.54 bits per heavy atom. The number of hydrogen-bond acceptors (Lipinski definition) is 3. The van der Waals surface area contributed by atoms with Crippen LogP contribution >= 0.6 is 27.3 Å². The topological polar surface area (TPSA) is 37.4 Å². The standard InChI is InChI=1S/C7H10BrNO2S2/c1-3-9(2)13(10,11)7-5-4-6(8)12-7/h4-5H,3H2,1-2H3. The highest BCUT2D eigenvalue weighted by atomic mass is 79.9. The molecule has 6 heteroatoms. The summed E-state index contributed by atoms with van der Waals surface area (Å²) in [6.45, 7) is 2.29. The molecule has 0 bridgehead atoms. The lowest BCUT2D eigenvalue weighted by Crippen LogP contribution is -2.25. The molecule has 0 atom stereocenters. The number of halogens is 1. The Morgan fingerprint density at radius 1 is 1.54 bits per heavy atom. The number of sulfonamides is 1. The molecule has 1 aromatic rings. The van der Waals surface area contributed by atoms with Crippen LogP contribution in [0.25, 0.3) is 0 Å². The van der Waals surface area contributed by atoms with Crippen LogP contribution in [0.1, 0.15) is 6.92 Å². The normalized spacial score (nSPS) is 12.3. The lowest BCUT2D eigenvalue weighted by molar-refractivity contribution is 0.488. The van der Waals surface area contributed by atoms with E-state index in [0.717, 1.165) is 3.79 Å². The van der Waals surface area contributed by atoms with Crippen LogP contribution in [0.4, 0.5) is 0 Å². The third kappa shape index (κ3) is 2.31. The zero-order valence-corrected chi connectivity index (χ0v) is 10.5. The maximum absolute atomic E-state index is 11.7. The van der Waals surface area contributed by atoms with Gasteiger partial charge in [-0.15, -0.1) is 11.3 Å². The second-order valence-corrected chi connectivity index (χ2v) is 7.21. The minimum absolute atomic E-state index is 0.378. The first-order valence-corrected chi connectivity index (χ1v) is 6.75. The zero-order valence-electron chi connectivity index (χ0n) is 7.32. The first-order chi connectivity index (χ1) is 5.98. The molecular formula is C7H10BrNO2S2. The molecule has 0 radical (unpaired) electrons. The second-order valence-electron chi connectivity index (χ2n) is 2.48. The molecule has 0 aliphatic rings. The van der Waals surface area contributed by atoms with E-state index < -0.39 is 10.0 Å². The van der Waals surface area contributed by atoms with Crippen molar-refractivity contribution in [3.8, 4) is 0 Å². The fraction of sp³-hybridized carbons (Fsp3) is 0.429. The number of thiophene rings is 1. The van der Waals surface area contributed by atoms with E-state index in [-0.39, 0.29) is 0 Å². The highest BCUT2D eigenvalue weighted by Gasteiger charge is 2.20. The molecule has 0 spiro atoms. The van der Waals surface area contributed by atoms with Gasteiger partial charge in [-0.2, -0.15) is 0 Å². The van der Waals surface area contributed by atoms with Gasteiger partial charge in [0.2, 0.25) is 0 Å². The van der Waals surface area contributed by atoms with Crippen LogP contribution in [0, 0.1) is 0 Å². The predicted molar refractivity (Wildman–Crippen MR) is 57.5 cm³/mol. The lowest BCUT2D eigenvalue weighted by Gasteiger charge is -2.12. The van der Waals surface area contributed by atoms with Crippen molar-refractivity contribution in [1.29, 1.82) is 0 Å². The Hall–Kier alpha value is 0.0900. The van der Waals surface area contributed by atoms with Gasteiger partial charge in [0.25, 0.3) is 10.0 Å². The summed E-state index contributed by atoms with van der Waals surface area (Å²) in [4.78, 5) is 0. The molecule has 1 aromatic heterocycles. The SMILES string of the molecule is CCN(C)S(=O)(=O)c1ccc(Br)s1. The van der Waals surface area contributed by atoms with Crippen molar-refractivity contribution in [2.45, 2.75) is 11.1 Å². The Labute approximate surface area is 90.6 Å². The van der Waals surface area contributed by atoms with Crippen molar-refractivity contribution in [1.82, 2.24) is 4.31 Å². The van der Waals surface area contributed by atoms with Gasteiger partial charge in [0.15, 0.2) is 0 Å². The van der Waals surface area contributed by atoms with Crippen LogP contribution < -0.4 is 0 Å². The van der Waals surface area contributed by atoms with Gasteiger partial charge >= 0.3 is 0 Å². The summed E-state index contributed by atoms with van der Waals surface area (Å²) in [7, 11) is -1.67. The van der Waals surface area contributed by atoms with E-state index in [2.05, 4.69) is 15.9 Å². The van der Waals surface area contributed by atoms with Crippen LogP contribution in [0.3, 0.4) is 0 Å². The van der Waals surface area contributed by atoms with Gasteiger partial charge in [-0.25, -0.2) is 12.7 Å². The fourth-order valence-corrected chi connectivity index (χ4v) is 4.16. The fourth-order valence-electron chi connectivity index (χ4n) is 0.760. The van der Waals surface area contributed by atoms with Crippen LogP contribution in [0.2, 0.25) is 0 Å². The smallest absolute Gasteiger partial charge is 0.206 e. The summed E-state index contributed by atoms with van der Waals surface area (Å²) in [5.41, 5.74) is 0. The molecule has 0 fully saturated rings. The van der Waals surface area contributed by atoms with Gasteiger partial charge in [0.05, 0.1) is 3.79 Å². The first kappa shape index (κ1) is 11.2. The minimum Gasteiger partial charge on any atom is -0.206 e. The van der Waals surface area contributed by atoms with Gasteiger partial charge < -0.3 is 0 Å². The maximum Gasteiger partial charge on any atom is 0.252 e. The van der Waals surface area contributed by atoms with Crippen LogP contribution in [0.5, 0.6) is 0 Å². The average molecular weight is 284 g/mol. The molecule has 3 nitrogen and oxygen atoms in total. The molecule has 0 aromatic carbocycles. The Kier molecular flexibility index (Phi) is 3.50. The Balaban J connectivity index is 3.08. The van der Waals surface area contributed by atoms with Crippen molar-refractivity contribution in [3.05, 3.63) is 15.9 Å². The van der Waals surface area contributed by atoms with Gasteiger partial charge in [-0.05, 0) is 28.1 Å². The molecule has 0 unspecified atom stereocenters. The third-order valence-electron chi connectivity index (χ3n) is 1.66. The first-order valence-electron chi connectivity index (χ1n) is 3.70. The van der Waals surface area contributed by atoms with Crippen molar-refractivity contribution in [3.63, 3.8) is 0 Å². The number of hydrogen-bond donors (Lipinski definition) is 0. The molecule has 1 rings (SSSR count).